The summed E-state index contributed by atoms with van der Waals surface area (Å²) in [5.74, 6) is 0. The number of allylic oxidation sites excluding steroid dienone is 4. The van der Waals surface area contributed by atoms with Crippen molar-refractivity contribution in [1.82, 2.24) is 0 Å². The quantitative estimate of drug-likeness (QED) is 0.226. The maximum Gasteiger partial charge on any atom is 4.00 e. The first-order valence-corrected chi connectivity index (χ1v) is 6.25. The first-order valence-electron chi connectivity index (χ1n) is 6.25. The number of rotatable bonds is 0. The molecule has 0 N–H and O–H groups in total. The molecule has 3 heteroatoms. The molecule has 2 aromatic carbocycles. The van der Waals surface area contributed by atoms with Crippen LogP contribution in [0.15, 0.2) is 60.7 Å². The van der Waals surface area contributed by atoms with Gasteiger partial charge in [0.1, 0.15) is 0 Å². The molecule has 0 aromatic heterocycles. The largest absolute Gasteiger partial charge is 4.00 e. The molecule has 0 heterocycles. The van der Waals surface area contributed by atoms with E-state index in [1.54, 1.807) is 0 Å². The molecule has 0 nitrogen and oxygen atoms in total. The van der Waals surface area contributed by atoms with Crippen molar-refractivity contribution in [1.29, 1.82) is 0 Å². The van der Waals surface area contributed by atoms with Crippen LogP contribution in [0.4, 0.5) is 0 Å². The molecule has 0 spiro atoms. The summed E-state index contributed by atoms with van der Waals surface area (Å²) in [7, 11) is 0. The van der Waals surface area contributed by atoms with Crippen molar-refractivity contribution in [2.75, 3.05) is 0 Å². The van der Waals surface area contributed by atoms with E-state index in [-0.39, 0.29) is 59.8 Å². The van der Waals surface area contributed by atoms with E-state index < -0.39 is 0 Å². The first kappa shape index (κ1) is 20.8. The Morgan fingerprint density at radius 1 is 0.905 bits per heavy atom. The van der Waals surface area contributed by atoms with E-state index >= 15 is 0 Å². The molecule has 0 unspecified atom stereocenters. The van der Waals surface area contributed by atoms with Crippen LogP contribution in [0.3, 0.4) is 0 Å². The normalized spacial score (nSPS) is 11.8. The predicted molar refractivity (Wildman–Crippen MR) is 75.1 cm³/mol. The van der Waals surface area contributed by atoms with Crippen LogP contribution in [0.1, 0.15) is 17.5 Å². The Labute approximate surface area is 166 Å². The summed E-state index contributed by atoms with van der Waals surface area (Å²) >= 11 is 0. The molecule has 0 amide bonds. The summed E-state index contributed by atoms with van der Waals surface area (Å²) in [5, 5.41) is 0. The van der Waals surface area contributed by atoms with Crippen LogP contribution in [0.5, 0.6) is 0 Å². The summed E-state index contributed by atoms with van der Waals surface area (Å²) in [6.45, 7) is 0. The first-order chi connectivity index (χ1) is 8.95. The van der Waals surface area contributed by atoms with Gasteiger partial charge in [-0.25, -0.2) is 12.2 Å². The molecular weight excluding hydrogens is 554 g/mol. The third-order valence-corrected chi connectivity index (χ3v) is 3.20. The molecule has 2 aliphatic carbocycles. The molecule has 0 saturated carbocycles. The van der Waals surface area contributed by atoms with Gasteiger partial charge in [0, 0.05) is 0 Å². The Morgan fingerprint density at radius 2 is 1.67 bits per heavy atom. The fourth-order valence-electron chi connectivity index (χ4n) is 2.34. The van der Waals surface area contributed by atoms with E-state index in [1.807, 2.05) is 18.2 Å². The van der Waals surface area contributed by atoms with E-state index in [9.17, 15) is 0 Å². The van der Waals surface area contributed by atoms with Gasteiger partial charge in [-0.3, -0.25) is 6.08 Å². The van der Waals surface area contributed by atoms with E-state index in [0.717, 1.165) is 12.8 Å². The zero-order chi connectivity index (χ0) is 12.2. The molecule has 21 heavy (non-hydrogen) atoms. The smallest absolute Gasteiger partial charge is 1.00 e. The average molecular weight is 569 g/mol. The van der Waals surface area contributed by atoms with Crippen molar-refractivity contribution in [2.45, 2.75) is 12.8 Å². The van der Waals surface area contributed by atoms with Crippen LogP contribution in [-0.2, 0) is 32.3 Å². The van der Waals surface area contributed by atoms with Gasteiger partial charge >= 0.3 is 25.8 Å². The van der Waals surface area contributed by atoms with Crippen LogP contribution < -0.4 is 34.0 Å². The SMILES string of the molecule is [Br-].[Br-].[C-]1=CC=CC1.[Hf+4].[c-]1cccc2c1Cc1ccccc1-2. The van der Waals surface area contributed by atoms with Gasteiger partial charge in [-0.1, -0.05) is 35.4 Å². The third kappa shape index (κ3) is 5.15. The van der Waals surface area contributed by atoms with Gasteiger partial charge in [-0.15, -0.1) is 12.0 Å². The van der Waals surface area contributed by atoms with Crippen molar-refractivity contribution < 1.29 is 59.8 Å². The molecule has 2 aromatic rings. The van der Waals surface area contributed by atoms with E-state index in [1.165, 1.54) is 22.3 Å². The number of hydrogen-bond acceptors (Lipinski definition) is 0. The summed E-state index contributed by atoms with van der Waals surface area (Å²) < 4.78 is 0. The molecule has 0 atom stereocenters. The summed E-state index contributed by atoms with van der Waals surface area (Å²) in [6, 6.07) is 18.1. The van der Waals surface area contributed by atoms with E-state index in [0.29, 0.717) is 0 Å². The molecule has 104 valence electrons. The van der Waals surface area contributed by atoms with Crippen molar-refractivity contribution in [2.24, 2.45) is 0 Å². The predicted octanol–water partition coefficient (Wildman–Crippen LogP) is -1.63. The maximum atomic E-state index is 3.30. The van der Waals surface area contributed by atoms with Crippen molar-refractivity contribution in [3.8, 4) is 11.1 Å². The second kappa shape index (κ2) is 10.5. The Hall–Kier alpha value is -0.250. The van der Waals surface area contributed by atoms with Crippen LogP contribution in [0.25, 0.3) is 11.1 Å². The van der Waals surface area contributed by atoms with Gasteiger partial charge in [0.15, 0.2) is 0 Å². The van der Waals surface area contributed by atoms with Gasteiger partial charge in [-0.2, -0.15) is 35.9 Å². The topological polar surface area (TPSA) is 0 Å². The summed E-state index contributed by atoms with van der Waals surface area (Å²) in [6.07, 6.45) is 11.0. The fraction of sp³-hybridized carbons (Fsp3) is 0.111. The van der Waals surface area contributed by atoms with Crippen molar-refractivity contribution >= 4 is 0 Å². The van der Waals surface area contributed by atoms with Crippen LogP contribution in [0.2, 0.25) is 0 Å². The average Bonchev–Trinajstić information content (AvgIpc) is 3.10. The molecule has 0 aliphatic heterocycles. The second-order valence-corrected chi connectivity index (χ2v) is 4.40. The van der Waals surface area contributed by atoms with Gasteiger partial charge < -0.3 is 34.0 Å². The third-order valence-electron chi connectivity index (χ3n) is 3.20. The van der Waals surface area contributed by atoms with Crippen molar-refractivity contribution in [3.63, 3.8) is 0 Å². The van der Waals surface area contributed by atoms with Gasteiger partial charge in [0.05, 0.1) is 0 Å². The maximum absolute atomic E-state index is 3.30. The van der Waals surface area contributed by atoms with Crippen LogP contribution in [-0.4, -0.2) is 0 Å². The Bertz CT molecular complexity index is 565. The minimum absolute atomic E-state index is 0. The number of benzene rings is 2. The number of fused-ring (bicyclic) bond motifs is 3. The number of hydrogen-bond donors (Lipinski definition) is 0. The second-order valence-electron chi connectivity index (χ2n) is 4.40. The Balaban J connectivity index is 0.000000437. The Morgan fingerprint density at radius 3 is 2.33 bits per heavy atom. The minimum atomic E-state index is 0. The monoisotopic (exact) mass is 568 g/mol. The molecular formula is C18H14Br2Hf. The van der Waals surface area contributed by atoms with Crippen LogP contribution in [0, 0.1) is 12.1 Å². The molecule has 0 fully saturated rings. The summed E-state index contributed by atoms with van der Waals surface area (Å²) in [5.41, 5.74) is 5.51. The Kier molecular flexibility index (Phi) is 10.3. The minimum Gasteiger partial charge on any atom is -1.00 e. The standard InChI is InChI=1S/C13H9.C5H5.2BrH.Hf/c1-3-7-12-10(5-1)9-11-6-2-4-8-13(11)12;1-2-4-5-3-1;;;/h1-5,7-8H,9H2;1-3H,4H2;2*1H;/q2*-1;;;+4/p-2. The molecule has 2 aliphatic rings. The molecule has 4 rings (SSSR count). The number of halogens is 2. The molecule has 0 radical (unpaired) electrons. The molecule has 0 bridgehead atoms. The summed E-state index contributed by atoms with van der Waals surface area (Å²) in [4.78, 5) is 0. The van der Waals surface area contributed by atoms with E-state index in [2.05, 4.69) is 54.6 Å². The fourth-order valence-corrected chi connectivity index (χ4v) is 2.34. The zero-order valence-corrected chi connectivity index (χ0v) is 18.2. The van der Waals surface area contributed by atoms with Crippen molar-refractivity contribution in [3.05, 3.63) is 84.0 Å². The van der Waals surface area contributed by atoms with Gasteiger partial charge in [0.2, 0.25) is 0 Å². The zero-order valence-electron chi connectivity index (χ0n) is 11.4. The van der Waals surface area contributed by atoms with Crippen LogP contribution >= 0.6 is 0 Å². The van der Waals surface area contributed by atoms with Gasteiger partial charge in [-0.05, 0) is 6.42 Å². The van der Waals surface area contributed by atoms with Gasteiger partial charge in [0.25, 0.3) is 0 Å². The molecule has 0 saturated heterocycles. The van der Waals surface area contributed by atoms with E-state index in [4.69, 9.17) is 0 Å².